The smallest absolute Gasteiger partial charge is 0.419 e. The van der Waals surface area contributed by atoms with Crippen LogP contribution in [0, 0.1) is 0 Å². The summed E-state index contributed by atoms with van der Waals surface area (Å²) in [6.07, 6.45) is -4.42. The molecule has 0 spiro atoms. The first kappa shape index (κ1) is 17.8. The minimum Gasteiger partial charge on any atom is -0.492 e. The Kier molecular flexibility index (Phi) is 6.48. The SMILES string of the molecule is CC(C)NCc1ccc(OCCN(C)C)c(C(F)(F)F)c1. The molecule has 0 aliphatic carbocycles. The molecule has 0 aliphatic rings. The molecule has 0 fully saturated rings. The van der Waals surface area contributed by atoms with E-state index in [4.69, 9.17) is 4.74 Å². The second kappa shape index (κ2) is 7.66. The predicted octanol–water partition coefficient (Wildman–Crippen LogP) is 3.14. The van der Waals surface area contributed by atoms with Gasteiger partial charge in [0.05, 0.1) is 5.56 Å². The third-order valence-electron chi connectivity index (χ3n) is 2.86. The van der Waals surface area contributed by atoms with E-state index in [-0.39, 0.29) is 18.4 Å². The van der Waals surface area contributed by atoms with Crippen LogP contribution in [0.5, 0.6) is 5.75 Å². The summed E-state index contributed by atoms with van der Waals surface area (Å²) in [6, 6.07) is 4.43. The number of ether oxygens (including phenoxy) is 1. The van der Waals surface area contributed by atoms with Crippen molar-refractivity contribution < 1.29 is 17.9 Å². The average molecular weight is 304 g/mol. The number of rotatable bonds is 7. The molecule has 0 heterocycles. The van der Waals surface area contributed by atoms with E-state index in [1.165, 1.54) is 6.07 Å². The maximum absolute atomic E-state index is 13.1. The predicted molar refractivity (Wildman–Crippen MR) is 77.5 cm³/mol. The van der Waals surface area contributed by atoms with E-state index < -0.39 is 11.7 Å². The molecule has 0 saturated heterocycles. The van der Waals surface area contributed by atoms with Crippen molar-refractivity contribution in [2.75, 3.05) is 27.2 Å². The van der Waals surface area contributed by atoms with Crippen LogP contribution in [-0.4, -0.2) is 38.2 Å². The molecule has 6 heteroatoms. The first-order chi connectivity index (χ1) is 9.70. The molecule has 21 heavy (non-hydrogen) atoms. The van der Waals surface area contributed by atoms with Gasteiger partial charge in [0.1, 0.15) is 12.4 Å². The van der Waals surface area contributed by atoms with Gasteiger partial charge in [-0.2, -0.15) is 13.2 Å². The molecule has 120 valence electrons. The van der Waals surface area contributed by atoms with Crippen molar-refractivity contribution in [3.05, 3.63) is 29.3 Å². The summed E-state index contributed by atoms with van der Waals surface area (Å²) in [4.78, 5) is 1.86. The Bertz CT molecular complexity index is 445. The van der Waals surface area contributed by atoms with Crippen LogP contribution < -0.4 is 10.1 Å². The summed E-state index contributed by atoms with van der Waals surface area (Å²) in [5.74, 6) is -0.113. The Morgan fingerprint density at radius 2 is 1.90 bits per heavy atom. The van der Waals surface area contributed by atoms with Crippen LogP contribution in [0.15, 0.2) is 18.2 Å². The summed E-state index contributed by atoms with van der Waals surface area (Å²) in [5, 5.41) is 3.10. The first-order valence-corrected chi connectivity index (χ1v) is 6.91. The van der Waals surface area contributed by atoms with E-state index in [1.54, 1.807) is 6.07 Å². The van der Waals surface area contributed by atoms with E-state index in [2.05, 4.69) is 5.32 Å². The highest BCUT2D eigenvalue weighted by Gasteiger charge is 2.34. The van der Waals surface area contributed by atoms with E-state index in [0.29, 0.717) is 18.7 Å². The lowest BCUT2D eigenvalue weighted by atomic mass is 10.1. The first-order valence-electron chi connectivity index (χ1n) is 6.91. The lowest BCUT2D eigenvalue weighted by molar-refractivity contribution is -0.139. The van der Waals surface area contributed by atoms with Gasteiger partial charge in [0.15, 0.2) is 0 Å². The third-order valence-corrected chi connectivity index (χ3v) is 2.86. The van der Waals surface area contributed by atoms with Crippen LogP contribution >= 0.6 is 0 Å². The third kappa shape index (κ3) is 6.35. The molecule has 1 N–H and O–H groups in total. The summed E-state index contributed by atoms with van der Waals surface area (Å²) >= 11 is 0. The van der Waals surface area contributed by atoms with Crippen LogP contribution in [0.3, 0.4) is 0 Å². The van der Waals surface area contributed by atoms with Crippen molar-refractivity contribution in [2.24, 2.45) is 0 Å². The summed E-state index contributed by atoms with van der Waals surface area (Å²) < 4.78 is 44.6. The maximum Gasteiger partial charge on any atom is 0.419 e. The molecule has 3 nitrogen and oxygen atoms in total. The minimum atomic E-state index is -4.42. The van der Waals surface area contributed by atoms with Gasteiger partial charge >= 0.3 is 6.18 Å². The molecule has 1 aromatic rings. The van der Waals surface area contributed by atoms with E-state index >= 15 is 0 Å². The number of hydrogen-bond donors (Lipinski definition) is 1. The Balaban J connectivity index is 2.87. The number of likely N-dealkylation sites (N-methyl/N-ethyl adjacent to an activating group) is 1. The Morgan fingerprint density at radius 1 is 1.24 bits per heavy atom. The number of hydrogen-bond acceptors (Lipinski definition) is 3. The van der Waals surface area contributed by atoms with Crippen molar-refractivity contribution in [2.45, 2.75) is 32.6 Å². The molecule has 0 atom stereocenters. The zero-order valence-corrected chi connectivity index (χ0v) is 12.9. The van der Waals surface area contributed by atoms with Gasteiger partial charge < -0.3 is 15.0 Å². The average Bonchev–Trinajstić information content (AvgIpc) is 2.35. The van der Waals surface area contributed by atoms with Crippen molar-refractivity contribution in [1.82, 2.24) is 10.2 Å². The Morgan fingerprint density at radius 3 is 2.43 bits per heavy atom. The van der Waals surface area contributed by atoms with Gasteiger partial charge in [-0.3, -0.25) is 0 Å². The summed E-state index contributed by atoms with van der Waals surface area (Å²) in [7, 11) is 3.68. The molecular weight excluding hydrogens is 281 g/mol. The lowest BCUT2D eigenvalue weighted by Gasteiger charge is -2.17. The van der Waals surface area contributed by atoms with Gasteiger partial charge in [-0.1, -0.05) is 19.9 Å². The summed E-state index contributed by atoms with van der Waals surface area (Å²) in [6.45, 7) is 5.08. The van der Waals surface area contributed by atoms with Crippen LogP contribution in [0.2, 0.25) is 0 Å². The molecular formula is C15H23F3N2O. The van der Waals surface area contributed by atoms with E-state index in [1.807, 2.05) is 32.8 Å². The summed E-state index contributed by atoms with van der Waals surface area (Å²) in [5.41, 5.74) is -0.125. The van der Waals surface area contributed by atoms with Crippen molar-refractivity contribution in [3.63, 3.8) is 0 Å². The molecule has 0 radical (unpaired) electrons. The monoisotopic (exact) mass is 304 g/mol. The minimum absolute atomic E-state index is 0.113. The fourth-order valence-corrected chi connectivity index (χ4v) is 1.69. The molecule has 0 aliphatic heterocycles. The van der Waals surface area contributed by atoms with Crippen LogP contribution in [0.4, 0.5) is 13.2 Å². The molecule has 0 amide bonds. The Labute approximate surface area is 124 Å². The molecule has 0 aromatic heterocycles. The fraction of sp³-hybridized carbons (Fsp3) is 0.600. The highest BCUT2D eigenvalue weighted by Crippen LogP contribution is 2.36. The second-order valence-corrected chi connectivity index (χ2v) is 5.52. The fourth-order valence-electron chi connectivity index (χ4n) is 1.69. The van der Waals surface area contributed by atoms with Gasteiger partial charge in [0.25, 0.3) is 0 Å². The largest absolute Gasteiger partial charge is 0.492 e. The quantitative estimate of drug-likeness (QED) is 0.837. The number of nitrogens with one attached hydrogen (secondary N) is 1. The van der Waals surface area contributed by atoms with Gasteiger partial charge in [0.2, 0.25) is 0 Å². The molecule has 1 rings (SSSR count). The van der Waals surface area contributed by atoms with E-state index in [9.17, 15) is 13.2 Å². The zero-order chi connectivity index (χ0) is 16.0. The van der Waals surface area contributed by atoms with Crippen molar-refractivity contribution >= 4 is 0 Å². The molecule has 0 unspecified atom stereocenters. The van der Waals surface area contributed by atoms with Gasteiger partial charge in [-0.05, 0) is 31.8 Å². The topological polar surface area (TPSA) is 24.5 Å². The Hall–Kier alpha value is -1.27. The molecule has 0 bridgehead atoms. The van der Waals surface area contributed by atoms with Gasteiger partial charge in [0, 0.05) is 19.1 Å². The number of nitrogens with zero attached hydrogens (tertiary/aromatic N) is 1. The number of alkyl halides is 3. The highest BCUT2D eigenvalue weighted by molar-refractivity contribution is 5.39. The standard InChI is InChI=1S/C15H23F3N2O/c1-11(2)19-10-12-5-6-14(21-8-7-20(3)4)13(9-12)15(16,17)18/h5-6,9,11,19H,7-8,10H2,1-4H3. The van der Waals surface area contributed by atoms with E-state index in [0.717, 1.165) is 6.07 Å². The number of benzene rings is 1. The zero-order valence-electron chi connectivity index (χ0n) is 12.9. The lowest BCUT2D eigenvalue weighted by Crippen LogP contribution is -2.22. The van der Waals surface area contributed by atoms with Gasteiger partial charge in [-0.25, -0.2) is 0 Å². The van der Waals surface area contributed by atoms with Crippen LogP contribution in [0.1, 0.15) is 25.0 Å². The van der Waals surface area contributed by atoms with Crippen LogP contribution in [-0.2, 0) is 12.7 Å². The maximum atomic E-state index is 13.1. The second-order valence-electron chi connectivity index (χ2n) is 5.52. The normalized spacial score (nSPS) is 12.2. The van der Waals surface area contributed by atoms with Crippen LogP contribution in [0.25, 0.3) is 0 Å². The number of halogens is 3. The highest BCUT2D eigenvalue weighted by atomic mass is 19.4. The molecule has 1 aromatic carbocycles. The van der Waals surface area contributed by atoms with Crippen molar-refractivity contribution in [3.8, 4) is 5.75 Å². The van der Waals surface area contributed by atoms with Crippen molar-refractivity contribution in [1.29, 1.82) is 0 Å². The molecule has 0 saturated carbocycles. The van der Waals surface area contributed by atoms with Gasteiger partial charge in [-0.15, -0.1) is 0 Å².